The Balaban J connectivity index is 2.16. The number of carbonyl (C=O) groups excluding carboxylic acids is 1. The maximum Gasteiger partial charge on any atom is 0.333 e. The third-order valence-corrected chi connectivity index (χ3v) is 3.81. The van der Waals surface area contributed by atoms with Crippen LogP contribution in [0.15, 0.2) is 23.3 Å². The first kappa shape index (κ1) is 15.4. The van der Waals surface area contributed by atoms with Crippen LogP contribution >= 0.6 is 0 Å². The Bertz CT molecular complexity index is 557. The van der Waals surface area contributed by atoms with Gasteiger partial charge in [-0.2, -0.15) is 5.10 Å². The van der Waals surface area contributed by atoms with Gasteiger partial charge in [0.05, 0.1) is 12.8 Å². The van der Waals surface area contributed by atoms with Gasteiger partial charge in [0.15, 0.2) is 17.2 Å². The molecule has 0 amide bonds. The lowest BCUT2D eigenvalue weighted by Gasteiger charge is -2.44. The summed E-state index contributed by atoms with van der Waals surface area (Å²) in [6.45, 7) is 2.05. The molecule has 1 saturated carbocycles. The minimum atomic E-state index is -0.951. The molecule has 0 unspecified atom stereocenters. The fraction of sp³-hybridized carbons (Fsp3) is 0.467. The molecular weight excluding hydrogens is 278 g/mol. The van der Waals surface area contributed by atoms with Crippen LogP contribution in [-0.4, -0.2) is 36.4 Å². The summed E-state index contributed by atoms with van der Waals surface area (Å²) in [4.78, 5) is 12.0. The van der Waals surface area contributed by atoms with Crippen molar-refractivity contribution in [1.29, 1.82) is 0 Å². The van der Waals surface area contributed by atoms with Crippen molar-refractivity contribution in [3.63, 3.8) is 0 Å². The first-order chi connectivity index (χ1) is 10.0. The van der Waals surface area contributed by atoms with Gasteiger partial charge in [-0.3, -0.25) is 5.01 Å². The van der Waals surface area contributed by atoms with E-state index in [1.807, 2.05) is 0 Å². The molecular formula is C15H18F2N2O2. The minimum absolute atomic E-state index is 0.0418. The van der Waals surface area contributed by atoms with Crippen molar-refractivity contribution >= 4 is 12.2 Å². The Morgan fingerprint density at radius 2 is 2.19 bits per heavy atom. The van der Waals surface area contributed by atoms with Gasteiger partial charge in [-0.15, -0.1) is 0 Å². The number of carbonyl (C=O) groups is 1. The Morgan fingerprint density at radius 1 is 1.48 bits per heavy atom. The summed E-state index contributed by atoms with van der Waals surface area (Å²) in [5, 5.41) is 5.58. The van der Waals surface area contributed by atoms with Crippen LogP contribution in [0.4, 0.5) is 8.78 Å². The second-order valence-electron chi connectivity index (χ2n) is 5.02. The summed E-state index contributed by atoms with van der Waals surface area (Å²) in [5.41, 5.74) is -0.740. The Morgan fingerprint density at radius 3 is 2.76 bits per heavy atom. The smallest absolute Gasteiger partial charge is 0.333 e. The van der Waals surface area contributed by atoms with E-state index in [-0.39, 0.29) is 11.5 Å². The first-order valence-corrected chi connectivity index (χ1v) is 6.90. The topological polar surface area (TPSA) is 41.9 Å². The molecule has 114 valence electrons. The van der Waals surface area contributed by atoms with E-state index >= 15 is 0 Å². The molecule has 0 atom stereocenters. The van der Waals surface area contributed by atoms with Crippen LogP contribution in [0.2, 0.25) is 0 Å². The second kappa shape index (κ2) is 6.20. The Kier molecular flexibility index (Phi) is 4.55. The summed E-state index contributed by atoms with van der Waals surface area (Å²) in [7, 11) is 1.64. The van der Waals surface area contributed by atoms with E-state index in [0.717, 1.165) is 12.5 Å². The van der Waals surface area contributed by atoms with E-state index < -0.39 is 17.2 Å². The minimum Gasteiger partial charge on any atom is -0.464 e. The lowest BCUT2D eigenvalue weighted by Crippen LogP contribution is -2.56. The monoisotopic (exact) mass is 296 g/mol. The van der Waals surface area contributed by atoms with Gasteiger partial charge in [0, 0.05) is 12.6 Å². The number of ether oxygens (including phenoxy) is 1. The number of hydrogen-bond donors (Lipinski definition) is 0. The van der Waals surface area contributed by atoms with Crippen LogP contribution in [0.5, 0.6) is 0 Å². The van der Waals surface area contributed by atoms with Gasteiger partial charge in [-0.25, -0.2) is 13.6 Å². The van der Waals surface area contributed by atoms with Crippen molar-refractivity contribution in [2.45, 2.75) is 31.7 Å². The van der Waals surface area contributed by atoms with Crippen LogP contribution in [0.1, 0.15) is 31.7 Å². The van der Waals surface area contributed by atoms with Crippen LogP contribution in [-0.2, 0) is 9.53 Å². The lowest BCUT2D eigenvalue weighted by molar-refractivity contribution is -0.163. The summed E-state index contributed by atoms with van der Waals surface area (Å²) in [5.74, 6) is -2.20. The maximum atomic E-state index is 13.5. The SMILES string of the molecule is CCOC(=O)C1(N(C)/N=C\c2cccc(F)c2F)CCC1. The van der Waals surface area contributed by atoms with Crippen molar-refractivity contribution in [1.82, 2.24) is 5.01 Å². The van der Waals surface area contributed by atoms with Crippen molar-refractivity contribution in [3.05, 3.63) is 35.4 Å². The molecule has 0 bridgehead atoms. The van der Waals surface area contributed by atoms with Crippen molar-refractivity contribution in [3.8, 4) is 0 Å². The highest BCUT2D eigenvalue weighted by Crippen LogP contribution is 2.38. The standard InChI is InChI=1S/C15H18F2N2O2/c1-3-21-14(20)15(8-5-9-15)19(2)18-10-11-6-4-7-12(16)13(11)17/h4,6-7,10H,3,5,8-9H2,1-2H3/b18-10-. The molecule has 0 heterocycles. The number of esters is 1. The predicted molar refractivity (Wildman–Crippen MR) is 74.9 cm³/mol. The molecule has 0 aliphatic heterocycles. The average Bonchev–Trinajstić information content (AvgIpc) is 2.39. The molecule has 21 heavy (non-hydrogen) atoms. The highest BCUT2D eigenvalue weighted by molar-refractivity contribution is 5.83. The van der Waals surface area contributed by atoms with Crippen LogP contribution in [0, 0.1) is 11.6 Å². The average molecular weight is 296 g/mol. The molecule has 4 nitrogen and oxygen atoms in total. The molecule has 6 heteroatoms. The summed E-state index contributed by atoms with van der Waals surface area (Å²) < 4.78 is 31.7. The van der Waals surface area contributed by atoms with E-state index in [1.54, 1.807) is 14.0 Å². The molecule has 0 radical (unpaired) electrons. The maximum absolute atomic E-state index is 13.5. The van der Waals surface area contributed by atoms with Gasteiger partial charge < -0.3 is 4.74 Å². The fourth-order valence-electron chi connectivity index (χ4n) is 2.32. The van der Waals surface area contributed by atoms with Gasteiger partial charge in [0.25, 0.3) is 0 Å². The van der Waals surface area contributed by atoms with Gasteiger partial charge in [0.1, 0.15) is 0 Å². The van der Waals surface area contributed by atoms with E-state index in [0.29, 0.717) is 19.4 Å². The molecule has 1 aromatic rings. The fourth-order valence-corrected chi connectivity index (χ4v) is 2.32. The largest absolute Gasteiger partial charge is 0.464 e. The Hall–Kier alpha value is -1.98. The zero-order chi connectivity index (χ0) is 15.5. The summed E-state index contributed by atoms with van der Waals surface area (Å²) in [6.07, 6.45) is 3.42. The van der Waals surface area contributed by atoms with Crippen LogP contribution in [0.3, 0.4) is 0 Å². The van der Waals surface area contributed by atoms with Crippen molar-refractivity contribution in [2.24, 2.45) is 5.10 Å². The number of rotatable bonds is 5. The van der Waals surface area contributed by atoms with Gasteiger partial charge >= 0.3 is 5.97 Å². The number of nitrogens with zero attached hydrogens (tertiary/aromatic N) is 2. The van der Waals surface area contributed by atoms with Crippen LogP contribution < -0.4 is 0 Å². The molecule has 0 aromatic heterocycles. The normalized spacial score (nSPS) is 16.6. The quantitative estimate of drug-likeness (QED) is 0.476. The number of benzene rings is 1. The summed E-state index contributed by atoms with van der Waals surface area (Å²) >= 11 is 0. The molecule has 1 fully saturated rings. The number of hydrogen-bond acceptors (Lipinski definition) is 4. The predicted octanol–water partition coefficient (Wildman–Crippen LogP) is 2.72. The molecule has 0 saturated heterocycles. The molecule has 1 aliphatic rings. The zero-order valence-electron chi connectivity index (χ0n) is 12.1. The van der Waals surface area contributed by atoms with Gasteiger partial charge in [0.2, 0.25) is 0 Å². The molecule has 1 aliphatic carbocycles. The zero-order valence-corrected chi connectivity index (χ0v) is 12.1. The third-order valence-electron chi connectivity index (χ3n) is 3.81. The third kappa shape index (κ3) is 2.89. The highest BCUT2D eigenvalue weighted by Gasteiger charge is 2.49. The molecule has 2 rings (SSSR count). The summed E-state index contributed by atoms with van der Waals surface area (Å²) in [6, 6.07) is 3.88. The van der Waals surface area contributed by atoms with E-state index in [1.165, 1.54) is 23.4 Å². The first-order valence-electron chi connectivity index (χ1n) is 6.90. The molecule has 0 spiro atoms. The van der Waals surface area contributed by atoms with Crippen molar-refractivity contribution in [2.75, 3.05) is 13.7 Å². The van der Waals surface area contributed by atoms with E-state index in [4.69, 9.17) is 4.74 Å². The molecule has 0 N–H and O–H groups in total. The molecule has 1 aromatic carbocycles. The van der Waals surface area contributed by atoms with E-state index in [2.05, 4.69) is 5.10 Å². The van der Waals surface area contributed by atoms with Gasteiger partial charge in [-0.1, -0.05) is 12.1 Å². The van der Waals surface area contributed by atoms with Crippen LogP contribution in [0.25, 0.3) is 0 Å². The number of likely N-dealkylation sites (N-methyl/N-ethyl adjacent to an activating group) is 1. The van der Waals surface area contributed by atoms with E-state index in [9.17, 15) is 13.6 Å². The number of halogens is 2. The second-order valence-corrected chi connectivity index (χ2v) is 5.02. The number of hydrazone groups is 1. The highest BCUT2D eigenvalue weighted by atomic mass is 19.2. The Labute approximate surface area is 122 Å². The lowest BCUT2D eigenvalue weighted by atomic mass is 9.76. The van der Waals surface area contributed by atoms with Gasteiger partial charge in [-0.05, 0) is 32.3 Å². The van der Waals surface area contributed by atoms with Crippen molar-refractivity contribution < 1.29 is 18.3 Å².